The van der Waals surface area contributed by atoms with E-state index in [1.807, 2.05) is 0 Å². The average Bonchev–Trinajstić information content (AvgIpc) is 2.03. The summed E-state index contributed by atoms with van der Waals surface area (Å²) in [5.41, 5.74) is 2.89. The van der Waals surface area contributed by atoms with Gasteiger partial charge in [0.15, 0.2) is 0 Å². The van der Waals surface area contributed by atoms with Crippen LogP contribution in [0.2, 0.25) is 0 Å². The van der Waals surface area contributed by atoms with Crippen LogP contribution in [0.25, 0.3) is 0 Å². The van der Waals surface area contributed by atoms with Crippen molar-refractivity contribution in [3.8, 4) is 0 Å². The molecule has 0 unspecified atom stereocenters. The highest BCUT2D eigenvalue weighted by Gasteiger charge is 2.16. The molecule has 0 radical (unpaired) electrons. The number of hydrogen-bond donors (Lipinski definition) is 0. The van der Waals surface area contributed by atoms with Crippen molar-refractivity contribution in [3.05, 3.63) is 47.5 Å². The number of alkyl halides is 1. The van der Waals surface area contributed by atoms with Gasteiger partial charge >= 0.3 is 0 Å². The van der Waals surface area contributed by atoms with Gasteiger partial charge in [-0.25, -0.2) is 0 Å². The molecule has 0 spiro atoms. The lowest BCUT2D eigenvalue weighted by Gasteiger charge is -2.20. The molecule has 0 aliphatic heterocycles. The van der Waals surface area contributed by atoms with Crippen LogP contribution in [0.3, 0.4) is 0 Å². The van der Waals surface area contributed by atoms with Crippen molar-refractivity contribution in [2.24, 2.45) is 0 Å². The molecule has 1 aliphatic rings. The Hall–Kier alpha value is -0.560. The summed E-state index contributed by atoms with van der Waals surface area (Å²) >= 11 is 3.69. The Bertz CT molecular complexity index is 287. The monoisotopic (exact) mass is 222 g/mol. The van der Waals surface area contributed by atoms with Gasteiger partial charge in [-0.05, 0) is 18.4 Å². The zero-order chi connectivity index (χ0) is 8.39. The Labute approximate surface area is 81.4 Å². The van der Waals surface area contributed by atoms with E-state index in [0.29, 0.717) is 4.83 Å². The highest BCUT2D eigenvalue weighted by atomic mass is 79.9. The van der Waals surface area contributed by atoms with Gasteiger partial charge in [0, 0.05) is 0 Å². The van der Waals surface area contributed by atoms with Crippen LogP contribution in [-0.2, 0) is 0 Å². The van der Waals surface area contributed by atoms with E-state index in [2.05, 4.69) is 52.3 Å². The quantitative estimate of drug-likeness (QED) is 0.527. The number of hydrogen-bond acceptors (Lipinski definition) is 0. The van der Waals surface area contributed by atoms with Gasteiger partial charge in [-0.1, -0.05) is 57.9 Å². The van der Waals surface area contributed by atoms with E-state index < -0.39 is 0 Å². The number of halogens is 1. The molecule has 1 atom stereocenters. The summed E-state index contributed by atoms with van der Waals surface area (Å²) in [5, 5.41) is 0. The first kappa shape index (κ1) is 8.06. The minimum atomic E-state index is 0.451. The van der Waals surface area contributed by atoms with Gasteiger partial charge in [0.05, 0.1) is 4.83 Å². The number of allylic oxidation sites excluding steroid dienone is 2. The molecule has 1 aliphatic carbocycles. The Morgan fingerprint density at radius 2 is 1.83 bits per heavy atom. The fourth-order valence-corrected chi connectivity index (χ4v) is 2.10. The Morgan fingerprint density at radius 3 is 2.33 bits per heavy atom. The van der Waals surface area contributed by atoms with Gasteiger partial charge < -0.3 is 0 Å². The third-order valence-corrected chi connectivity index (χ3v) is 3.37. The largest absolute Gasteiger partial charge is 0.0835 e. The maximum atomic E-state index is 3.69. The topological polar surface area (TPSA) is 0 Å². The van der Waals surface area contributed by atoms with Gasteiger partial charge in [0.25, 0.3) is 0 Å². The molecule has 1 aromatic carbocycles. The van der Waals surface area contributed by atoms with Crippen molar-refractivity contribution >= 4 is 15.9 Å². The van der Waals surface area contributed by atoms with Gasteiger partial charge in [-0.3, -0.25) is 0 Å². The van der Waals surface area contributed by atoms with Crippen LogP contribution in [0.5, 0.6) is 0 Å². The molecule has 2 rings (SSSR count). The Morgan fingerprint density at radius 1 is 1.17 bits per heavy atom. The summed E-state index contributed by atoms with van der Waals surface area (Å²) in [5.74, 6) is 0. The normalized spacial score (nSPS) is 17.9. The number of rotatable bonds is 2. The van der Waals surface area contributed by atoms with Crippen molar-refractivity contribution in [1.29, 1.82) is 0 Å². The molecule has 0 amide bonds. The summed E-state index contributed by atoms with van der Waals surface area (Å²) in [7, 11) is 0. The standard InChI is InChI=1S/C11H11Br/c12-11(10-7-4-8-10)9-5-2-1-3-6-9/h1-3,5-7,11H,4,8H2/t11-/m1/s1. The molecule has 0 nitrogen and oxygen atoms in total. The molecule has 0 N–H and O–H groups in total. The van der Waals surface area contributed by atoms with E-state index >= 15 is 0 Å². The van der Waals surface area contributed by atoms with Gasteiger partial charge in [0.2, 0.25) is 0 Å². The van der Waals surface area contributed by atoms with Crippen molar-refractivity contribution in [1.82, 2.24) is 0 Å². The van der Waals surface area contributed by atoms with Crippen LogP contribution >= 0.6 is 15.9 Å². The molecule has 0 heterocycles. The van der Waals surface area contributed by atoms with Crippen LogP contribution in [-0.4, -0.2) is 0 Å². The highest BCUT2D eigenvalue weighted by molar-refractivity contribution is 9.09. The minimum Gasteiger partial charge on any atom is -0.0835 e. The van der Waals surface area contributed by atoms with Crippen LogP contribution in [0, 0.1) is 0 Å². The second-order valence-corrected chi connectivity index (χ2v) is 4.01. The van der Waals surface area contributed by atoms with Crippen molar-refractivity contribution < 1.29 is 0 Å². The molecule has 0 saturated carbocycles. The molecule has 0 fully saturated rings. The van der Waals surface area contributed by atoms with Gasteiger partial charge in [-0.15, -0.1) is 0 Å². The third kappa shape index (κ3) is 1.46. The third-order valence-electron chi connectivity index (χ3n) is 2.26. The zero-order valence-electron chi connectivity index (χ0n) is 6.83. The fraction of sp³-hybridized carbons (Fsp3) is 0.273. The second kappa shape index (κ2) is 3.44. The second-order valence-electron chi connectivity index (χ2n) is 3.09. The summed E-state index contributed by atoms with van der Waals surface area (Å²) in [6.45, 7) is 0. The Balaban J connectivity index is 2.19. The average molecular weight is 223 g/mol. The maximum Gasteiger partial charge on any atom is 0.0604 e. The van der Waals surface area contributed by atoms with Crippen molar-refractivity contribution in [2.45, 2.75) is 17.7 Å². The van der Waals surface area contributed by atoms with Crippen LogP contribution in [0.15, 0.2) is 42.0 Å². The predicted molar refractivity (Wildman–Crippen MR) is 55.4 cm³/mol. The first-order chi connectivity index (χ1) is 5.88. The molecule has 0 saturated heterocycles. The van der Waals surface area contributed by atoms with E-state index in [1.54, 1.807) is 0 Å². The zero-order valence-corrected chi connectivity index (χ0v) is 8.42. The summed E-state index contributed by atoms with van der Waals surface area (Å²) < 4.78 is 0. The van der Waals surface area contributed by atoms with E-state index in [4.69, 9.17) is 0 Å². The smallest absolute Gasteiger partial charge is 0.0604 e. The first-order valence-electron chi connectivity index (χ1n) is 4.26. The lowest BCUT2D eigenvalue weighted by Crippen LogP contribution is -2.01. The predicted octanol–water partition coefficient (Wildman–Crippen LogP) is 3.84. The minimum absolute atomic E-state index is 0.451. The molecular weight excluding hydrogens is 212 g/mol. The maximum absolute atomic E-state index is 3.69. The van der Waals surface area contributed by atoms with Crippen molar-refractivity contribution in [2.75, 3.05) is 0 Å². The fourth-order valence-electron chi connectivity index (χ4n) is 1.38. The molecule has 0 bridgehead atoms. The Kier molecular flexibility index (Phi) is 2.31. The van der Waals surface area contributed by atoms with E-state index in [1.165, 1.54) is 24.0 Å². The summed E-state index contributed by atoms with van der Waals surface area (Å²) in [6.07, 6.45) is 4.82. The summed E-state index contributed by atoms with van der Waals surface area (Å²) in [6, 6.07) is 10.6. The van der Waals surface area contributed by atoms with Crippen molar-refractivity contribution in [3.63, 3.8) is 0 Å². The van der Waals surface area contributed by atoms with Crippen LogP contribution in [0.1, 0.15) is 23.2 Å². The van der Waals surface area contributed by atoms with Crippen LogP contribution in [0.4, 0.5) is 0 Å². The molecular formula is C11H11Br. The van der Waals surface area contributed by atoms with E-state index in [-0.39, 0.29) is 0 Å². The molecule has 12 heavy (non-hydrogen) atoms. The summed E-state index contributed by atoms with van der Waals surface area (Å²) in [4.78, 5) is 0.451. The highest BCUT2D eigenvalue weighted by Crippen LogP contribution is 2.37. The van der Waals surface area contributed by atoms with E-state index in [0.717, 1.165) is 0 Å². The lowest BCUT2D eigenvalue weighted by atomic mass is 9.92. The molecule has 0 aromatic heterocycles. The number of benzene rings is 1. The molecule has 1 aromatic rings. The van der Waals surface area contributed by atoms with Crippen LogP contribution < -0.4 is 0 Å². The SMILES string of the molecule is Br[C@@H](C1=CCC1)c1ccccc1. The molecule has 62 valence electrons. The van der Waals surface area contributed by atoms with Gasteiger partial charge in [-0.2, -0.15) is 0 Å². The lowest BCUT2D eigenvalue weighted by molar-refractivity contribution is 0.826. The van der Waals surface area contributed by atoms with Gasteiger partial charge in [0.1, 0.15) is 0 Å². The molecule has 1 heteroatoms. The van der Waals surface area contributed by atoms with E-state index in [9.17, 15) is 0 Å². The first-order valence-corrected chi connectivity index (χ1v) is 5.17.